The summed E-state index contributed by atoms with van der Waals surface area (Å²) >= 11 is 0. The SMILES string of the molecule is C.Cc1cccc([N+](=O)[O-])c1. The molecular weight excluding hydrogens is 142 g/mol. The van der Waals surface area contributed by atoms with Gasteiger partial charge in [0, 0.05) is 12.1 Å². The second-order valence-electron chi connectivity index (χ2n) is 2.10. The van der Waals surface area contributed by atoms with Crippen LogP contribution in [-0.2, 0) is 0 Å². The fraction of sp³-hybridized carbons (Fsp3) is 0.250. The Morgan fingerprint density at radius 1 is 1.45 bits per heavy atom. The van der Waals surface area contributed by atoms with Crippen molar-refractivity contribution in [2.24, 2.45) is 0 Å². The topological polar surface area (TPSA) is 43.1 Å². The van der Waals surface area contributed by atoms with Gasteiger partial charge in [0.1, 0.15) is 0 Å². The first-order valence-corrected chi connectivity index (χ1v) is 2.91. The smallest absolute Gasteiger partial charge is 0.258 e. The van der Waals surface area contributed by atoms with E-state index in [1.807, 2.05) is 13.0 Å². The van der Waals surface area contributed by atoms with Gasteiger partial charge in [-0.05, 0) is 12.5 Å². The molecule has 0 bridgehead atoms. The lowest BCUT2D eigenvalue weighted by atomic mass is 10.2. The molecule has 0 aliphatic carbocycles. The third-order valence-electron chi connectivity index (χ3n) is 1.21. The van der Waals surface area contributed by atoms with Crippen molar-refractivity contribution in [3.8, 4) is 0 Å². The molecule has 0 heterocycles. The van der Waals surface area contributed by atoms with E-state index >= 15 is 0 Å². The lowest BCUT2D eigenvalue weighted by Crippen LogP contribution is -1.86. The molecule has 0 saturated carbocycles. The Morgan fingerprint density at radius 3 is 2.45 bits per heavy atom. The number of rotatable bonds is 1. The molecule has 3 nitrogen and oxygen atoms in total. The Hall–Kier alpha value is -1.38. The van der Waals surface area contributed by atoms with Crippen molar-refractivity contribution in [2.75, 3.05) is 0 Å². The van der Waals surface area contributed by atoms with E-state index in [0.29, 0.717) is 0 Å². The highest BCUT2D eigenvalue weighted by Crippen LogP contribution is 2.11. The molecule has 1 rings (SSSR count). The van der Waals surface area contributed by atoms with E-state index in [0.717, 1.165) is 5.56 Å². The standard InChI is InChI=1S/C7H7NO2.CH4/c1-6-3-2-4-7(5-6)8(9)10;/h2-5H,1H3;1H4. The molecule has 0 unspecified atom stereocenters. The van der Waals surface area contributed by atoms with Crippen LogP contribution < -0.4 is 0 Å². The van der Waals surface area contributed by atoms with Crippen molar-refractivity contribution in [2.45, 2.75) is 14.4 Å². The van der Waals surface area contributed by atoms with E-state index in [1.54, 1.807) is 12.1 Å². The Morgan fingerprint density at radius 2 is 2.09 bits per heavy atom. The van der Waals surface area contributed by atoms with Crippen molar-refractivity contribution in [1.29, 1.82) is 0 Å². The van der Waals surface area contributed by atoms with E-state index in [9.17, 15) is 10.1 Å². The molecule has 0 spiro atoms. The number of non-ortho nitro benzene ring substituents is 1. The first-order valence-electron chi connectivity index (χ1n) is 2.91. The summed E-state index contributed by atoms with van der Waals surface area (Å²) in [7, 11) is 0. The summed E-state index contributed by atoms with van der Waals surface area (Å²) in [4.78, 5) is 9.76. The third kappa shape index (κ3) is 2.37. The van der Waals surface area contributed by atoms with Crippen LogP contribution in [0.1, 0.15) is 13.0 Å². The monoisotopic (exact) mass is 153 g/mol. The molecule has 0 amide bonds. The third-order valence-corrected chi connectivity index (χ3v) is 1.21. The first kappa shape index (κ1) is 9.62. The highest BCUT2D eigenvalue weighted by molar-refractivity contribution is 5.33. The largest absolute Gasteiger partial charge is 0.269 e. The van der Waals surface area contributed by atoms with E-state index < -0.39 is 4.92 Å². The summed E-state index contributed by atoms with van der Waals surface area (Å²) in [6, 6.07) is 6.52. The minimum atomic E-state index is -0.396. The number of nitro benzene ring substituents is 1. The minimum absolute atomic E-state index is 0. The summed E-state index contributed by atoms with van der Waals surface area (Å²) in [6.07, 6.45) is 0. The van der Waals surface area contributed by atoms with Gasteiger partial charge in [-0.1, -0.05) is 19.6 Å². The number of hydrogen-bond donors (Lipinski definition) is 0. The molecule has 60 valence electrons. The van der Waals surface area contributed by atoms with Crippen LogP contribution in [-0.4, -0.2) is 4.92 Å². The molecule has 0 N–H and O–H groups in total. The quantitative estimate of drug-likeness (QED) is 0.459. The predicted molar refractivity (Wildman–Crippen MR) is 44.6 cm³/mol. The number of hydrogen-bond acceptors (Lipinski definition) is 2. The van der Waals surface area contributed by atoms with Crippen LogP contribution in [0.2, 0.25) is 0 Å². The Labute approximate surface area is 65.8 Å². The number of benzene rings is 1. The van der Waals surface area contributed by atoms with Crippen LogP contribution in [0.25, 0.3) is 0 Å². The van der Waals surface area contributed by atoms with Gasteiger partial charge in [-0.25, -0.2) is 0 Å². The Kier molecular flexibility index (Phi) is 3.24. The number of nitro groups is 1. The summed E-state index contributed by atoms with van der Waals surface area (Å²) in [5, 5.41) is 10.2. The fourth-order valence-corrected chi connectivity index (χ4v) is 0.742. The molecular formula is C8H11NO2. The van der Waals surface area contributed by atoms with Crippen molar-refractivity contribution in [3.05, 3.63) is 39.9 Å². The Balaban J connectivity index is 0.000001000. The fourth-order valence-electron chi connectivity index (χ4n) is 0.742. The zero-order chi connectivity index (χ0) is 7.56. The predicted octanol–water partition coefficient (Wildman–Crippen LogP) is 2.54. The van der Waals surface area contributed by atoms with Crippen molar-refractivity contribution < 1.29 is 4.92 Å². The normalized spacial score (nSPS) is 8.45. The molecule has 0 saturated heterocycles. The summed E-state index contributed by atoms with van der Waals surface area (Å²) < 4.78 is 0. The molecule has 0 aliphatic heterocycles. The van der Waals surface area contributed by atoms with Gasteiger partial charge in [0.15, 0.2) is 0 Å². The van der Waals surface area contributed by atoms with Gasteiger partial charge < -0.3 is 0 Å². The average molecular weight is 153 g/mol. The summed E-state index contributed by atoms with van der Waals surface area (Å²) in [5.74, 6) is 0. The van der Waals surface area contributed by atoms with Gasteiger partial charge in [0.25, 0.3) is 5.69 Å². The maximum Gasteiger partial charge on any atom is 0.269 e. The minimum Gasteiger partial charge on any atom is -0.258 e. The molecule has 0 fully saturated rings. The maximum atomic E-state index is 10.2. The molecule has 0 aliphatic rings. The van der Waals surface area contributed by atoms with Gasteiger partial charge in [-0.3, -0.25) is 10.1 Å². The molecule has 0 aromatic heterocycles. The van der Waals surface area contributed by atoms with Crippen LogP contribution in [0, 0.1) is 17.0 Å². The van der Waals surface area contributed by atoms with Gasteiger partial charge in [0.2, 0.25) is 0 Å². The van der Waals surface area contributed by atoms with Crippen LogP contribution in [0.3, 0.4) is 0 Å². The van der Waals surface area contributed by atoms with Crippen molar-refractivity contribution >= 4 is 5.69 Å². The van der Waals surface area contributed by atoms with Crippen LogP contribution in [0.15, 0.2) is 24.3 Å². The van der Waals surface area contributed by atoms with Crippen molar-refractivity contribution in [3.63, 3.8) is 0 Å². The number of nitrogens with zero attached hydrogens (tertiary/aromatic N) is 1. The number of aryl methyl sites for hydroxylation is 1. The molecule has 11 heavy (non-hydrogen) atoms. The average Bonchev–Trinajstić information content (AvgIpc) is 1.88. The van der Waals surface area contributed by atoms with Crippen molar-refractivity contribution in [1.82, 2.24) is 0 Å². The molecule has 0 radical (unpaired) electrons. The lowest BCUT2D eigenvalue weighted by Gasteiger charge is -1.90. The molecule has 0 atom stereocenters. The van der Waals surface area contributed by atoms with E-state index in [-0.39, 0.29) is 13.1 Å². The highest BCUT2D eigenvalue weighted by atomic mass is 16.6. The van der Waals surface area contributed by atoms with Gasteiger partial charge >= 0.3 is 0 Å². The van der Waals surface area contributed by atoms with Gasteiger partial charge in [0.05, 0.1) is 4.92 Å². The second kappa shape index (κ2) is 3.71. The van der Waals surface area contributed by atoms with Crippen LogP contribution in [0.5, 0.6) is 0 Å². The summed E-state index contributed by atoms with van der Waals surface area (Å²) in [6.45, 7) is 1.83. The molecule has 1 aromatic carbocycles. The van der Waals surface area contributed by atoms with E-state index in [4.69, 9.17) is 0 Å². The van der Waals surface area contributed by atoms with Gasteiger partial charge in [-0.15, -0.1) is 0 Å². The van der Waals surface area contributed by atoms with Gasteiger partial charge in [-0.2, -0.15) is 0 Å². The lowest BCUT2D eigenvalue weighted by molar-refractivity contribution is -0.384. The maximum absolute atomic E-state index is 10.2. The van der Waals surface area contributed by atoms with Crippen LogP contribution >= 0.6 is 0 Å². The highest BCUT2D eigenvalue weighted by Gasteiger charge is 2.01. The van der Waals surface area contributed by atoms with Crippen LogP contribution in [0.4, 0.5) is 5.69 Å². The summed E-state index contributed by atoms with van der Waals surface area (Å²) in [5.41, 5.74) is 1.06. The molecule has 1 aromatic rings. The second-order valence-corrected chi connectivity index (χ2v) is 2.10. The first-order chi connectivity index (χ1) is 4.70. The van der Waals surface area contributed by atoms with E-state index in [2.05, 4.69) is 0 Å². The molecule has 3 heteroatoms. The zero-order valence-electron chi connectivity index (χ0n) is 5.57. The Bertz CT molecular complexity index is 258. The zero-order valence-corrected chi connectivity index (χ0v) is 5.57. The van der Waals surface area contributed by atoms with E-state index in [1.165, 1.54) is 6.07 Å².